The van der Waals surface area contributed by atoms with Crippen LogP contribution in [-0.2, 0) is 14.8 Å². The Labute approximate surface area is 195 Å². The average Bonchev–Trinajstić information content (AvgIpc) is 3.41. The maximum absolute atomic E-state index is 13.7. The number of hydrogen-bond donors (Lipinski definition) is 0. The van der Waals surface area contributed by atoms with Crippen LogP contribution in [0.2, 0.25) is 0 Å². The highest BCUT2D eigenvalue weighted by molar-refractivity contribution is 7.90. The Balaban J connectivity index is 1.82. The number of carbonyl (C=O) groups excluding carboxylic acids is 1. The van der Waals surface area contributed by atoms with Gasteiger partial charge in [-0.2, -0.15) is 0 Å². The van der Waals surface area contributed by atoms with Gasteiger partial charge in [0.15, 0.2) is 0 Å². The minimum Gasteiger partial charge on any atom is -0.462 e. The van der Waals surface area contributed by atoms with E-state index in [1.165, 1.54) is 3.97 Å². The monoisotopic (exact) mass is 475 g/mol. The summed E-state index contributed by atoms with van der Waals surface area (Å²) in [7, 11) is -3.96. The fraction of sp³-hybridized carbons (Fsp3) is 0.115. The summed E-state index contributed by atoms with van der Waals surface area (Å²) in [5.74, 6) is -0.551. The van der Waals surface area contributed by atoms with Gasteiger partial charge in [0.2, 0.25) is 0 Å². The van der Waals surface area contributed by atoms with Crippen molar-refractivity contribution in [3.05, 3.63) is 90.1 Å². The van der Waals surface area contributed by atoms with Crippen molar-refractivity contribution < 1.29 is 17.9 Å². The summed E-state index contributed by atoms with van der Waals surface area (Å²) in [6, 6.07) is 22.0. The lowest BCUT2D eigenvalue weighted by Gasteiger charge is -2.10. The zero-order valence-electron chi connectivity index (χ0n) is 18.1. The van der Waals surface area contributed by atoms with Gasteiger partial charge in [0, 0.05) is 26.7 Å². The summed E-state index contributed by atoms with van der Waals surface area (Å²) in [6.07, 6.45) is 1.62. The molecule has 0 fully saturated rings. The molecule has 2 heterocycles. The molecule has 0 bridgehead atoms. The van der Waals surface area contributed by atoms with Crippen LogP contribution in [0.4, 0.5) is 0 Å². The molecule has 166 valence electrons. The zero-order chi connectivity index (χ0) is 23.2. The van der Waals surface area contributed by atoms with E-state index in [4.69, 9.17) is 4.74 Å². The molecule has 5 nitrogen and oxygen atoms in total. The number of ether oxygens (including phenoxy) is 1. The van der Waals surface area contributed by atoms with E-state index in [-0.39, 0.29) is 17.1 Å². The third-order valence-electron chi connectivity index (χ3n) is 5.56. The first kappa shape index (κ1) is 21.4. The second kappa shape index (κ2) is 8.17. The number of nitrogens with zero attached hydrogens (tertiary/aromatic N) is 1. The van der Waals surface area contributed by atoms with Crippen molar-refractivity contribution in [2.24, 2.45) is 0 Å². The first-order valence-corrected chi connectivity index (χ1v) is 12.8. The topological polar surface area (TPSA) is 65.4 Å². The number of aromatic nitrogens is 1. The summed E-state index contributed by atoms with van der Waals surface area (Å²) >= 11 is 1.59. The molecule has 0 radical (unpaired) electrons. The Morgan fingerprint density at radius 3 is 2.48 bits per heavy atom. The molecule has 0 amide bonds. The molecule has 0 saturated carbocycles. The van der Waals surface area contributed by atoms with Crippen LogP contribution in [0.3, 0.4) is 0 Å². The highest BCUT2D eigenvalue weighted by Crippen LogP contribution is 2.40. The summed E-state index contributed by atoms with van der Waals surface area (Å²) < 4.78 is 35.0. The van der Waals surface area contributed by atoms with Crippen LogP contribution in [0.25, 0.3) is 31.4 Å². The van der Waals surface area contributed by atoms with Crippen molar-refractivity contribution in [2.45, 2.75) is 18.7 Å². The zero-order valence-corrected chi connectivity index (χ0v) is 19.7. The smallest absolute Gasteiger partial charge is 0.340 e. The van der Waals surface area contributed by atoms with E-state index >= 15 is 0 Å². The molecule has 0 aliphatic carbocycles. The van der Waals surface area contributed by atoms with Crippen molar-refractivity contribution in [2.75, 3.05) is 6.61 Å². The minimum absolute atomic E-state index is 0.159. The van der Waals surface area contributed by atoms with Gasteiger partial charge < -0.3 is 4.74 Å². The number of para-hydroxylation sites is 1. The Morgan fingerprint density at radius 2 is 1.76 bits per heavy atom. The number of aryl methyl sites for hydroxylation is 1. The number of hydrogen-bond acceptors (Lipinski definition) is 5. The van der Waals surface area contributed by atoms with Gasteiger partial charge in [0.25, 0.3) is 10.0 Å². The van der Waals surface area contributed by atoms with Crippen LogP contribution in [0.5, 0.6) is 0 Å². The number of carbonyl (C=O) groups is 1. The molecule has 0 spiro atoms. The van der Waals surface area contributed by atoms with E-state index < -0.39 is 16.0 Å². The Kier molecular flexibility index (Phi) is 5.31. The lowest BCUT2D eigenvalue weighted by Crippen LogP contribution is -2.14. The van der Waals surface area contributed by atoms with Crippen LogP contribution >= 0.6 is 11.3 Å². The molecule has 0 aliphatic rings. The summed E-state index contributed by atoms with van der Waals surface area (Å²) in [5, 5.41) is 1.77. The van der Waals surface area contributed by atoms with Gasteiger partial charge in [-0.3, -0.25) is 0 Å². The van der Waals surface area contributed by atoms with E-state index in [9.17, 15) is 13.2 Å². The van der Waals surface area contributed by atoms with E-state index in [1.54, 1.807) is 60.9 Å². The van der Waals surface area contributed by atoms with Gasteiger partial charge in [0.05, 0.1) is 22.6 Å². The first-order chi connectivity index (χ1) is 15.9. The molecule has 2 aromatic heterocycles. The second-order valence-corrected chi connectivity index (χ2v) is 10.6. The van der Waals surface area contributed by atoms with Crippen molar-refractivity contribution >= 4 is 48.3 Å². The minimum atomic E-state index is -3.96. The predicted molar refractivity (Wildman–Crippen MR) is 132 cm³/mol. The fourth-order valence-electron chi connectivity index (χ4n) is 3.95. The third kappa shape index (κ3) is 3.63. The van der Waals surface area contributed by atoms with Crippen LogP contribution in [0, 0.1) is 6.92 Å². The molecule has 7 heteroatoms. The predicted octanol–water partition coefficient (Wildman–Crippen LogP) is 6.25. The van der Waals surface area contributed by atoms with Crippen molar-refractivity contribution in [1.29, 1.82) is 0 Å². The largest absolute Gasteiger partial charge is 0.462 e. The Bertz CT molecular complexity index is 1580. The average molecular weight is 476 g/mol. The first-order valence-electron chi connectivity index (χ1n) is 10.5. The lowest BCUT2D eigenvalue weighted by molar-refractivity contribution is 0.0528. The number of esters is 1. The normalized spacial score (nSPS) is 11.8. The molecule has 0 aliphatic heterocycles. The maximum Gasteiger partial charge on any atom is 0.340 e. The van der Waals surface area contributed by atoms with Crippen molar-refractivity contribution in [3.63, 3.8) is 0 Å². The number of rotatable bonds is 5. The molecule has 3 aromatic carbocycles. The molecule has 0 saturated heterocycles. The molecule has 5 aromatic rings. The molecule has 5 rings (SSSR count). The summed E-state index contributed by atoms with van der Waals surface area (Å²) in [6.45, 7) is 3.83. The van der Waals surface area contributed by atoms with Gasteiger partial charge in [-0.05, 0) is 49.6 Å². The van der Waals surface area contributed by atoms with Gasteiger partial charge in [-0.15, -0.1) is 11.3 Å². The standard InChI is InChI=1S/C26H21NO4S2/c1-3-31-26(28)21-9-6-8-20-22(24-15-18-7-4-5-10-23(18)32-24)16-27(25(20)21)33(29,30)19-13-11-17(2)12-14-19/h4-16H,3H2,1-2H3. The number of thiophene rings is 1. The molecule has 33 heavy (non-hydrogen) atoms. The number of benzene rings is 3. The molecule has 0 atom stereocenters. The van der Waals surface area contributed by atoms with E-state index in [1.807, 2.05) is 37.3 Å². The van der Waals surface area contributed by atoms with Gasteiger partial charge in [-0.25, -0.2) is 17.2 Å². The Hall–Kier alpha value is -3.42. The molecular weight excluding hydrogens is 454 g/mol. The molecule has 0 N–H and O–H groups in total. The second-order valence-electron chi connectivity index (χ2n) is 7.73. The van der Waals surface area contributed by atoms with Crippen molar-refractivity contribution in [1.82, 2.24) is 3.97 Å². The van der Waals surface area contributed by atoms with E-state index in [2.05, 4.69) is 6.07 Å². The van der Waals surface area contributed by atoms with Crippen molar-refractivity contribution in [3.8, 4) is 10.4 Å². The van der Waals surface area contributed by atoms with Gasteiger partial charge in [-0.1, -0.05) is 48.0 Å². The van der Waals surface area contributed by atoms with Gasteiger partial charge in [0.1, 0.15) is 0 Å². The van der Waals surface area contributed by atoms with E-state index in [0.717, 1.165) is 26.1 Å². The highest BCUT2D eigenvalue weighted by atomic mass is 32.2. The highest BCUT2D eigenvalue weighted by Gasteiger charge is 2.26. The summed E-state index contributed by atoms with van der Waals surface area (Å²) in [5.41, 5.74) is 2.26. The van der Waals surface area contributed by atoms with Crippen LogP contribution in [0.1, 0.15) is 22.8 Å². The fourth-order valence-corrected chi connectivity index (χ4v) is 6.42. The lowest BCUT2D eigenvalue weighted by atomic mass is 10.1. The van der Waals surface area contributed by atoms with Crippen LogP contribution in [0.15, 0.2) is 83.9 Å². The summed E-state index contributed by atoms with van der Waals surface area (Å²) in [4.78, 5) is 13.9. The van der Waals surface area contributed by atoms with Crippen LogP contribution in [-0.4, -0.2) is 25.0 Å². The Morgan fingerprint density at radius 1 is 1.00 bits per heavy atom. The maximum atomic E-state index is 13.7. The third-order valence-corrected chi connectivity index (χ3v) is 8.38. The molecule has 0 unspecified atom stereocenters. The van der Waals surface area contributed by atoms with Crippen LogP contribution < -0.4 is 0 Å². The quantitative estimate of drug-likeness (QED) is 0.282. The molecular formula is C26H21NO4S2. The number of fused-ring (bicyclic) bond motifs is 2. The van der Waals surface area contributed by atoms with E-state index in [0.29, 0.717) is 10.9 Å². The van der Waals surface area contributed by atoms with Gasteiger partial charge >= 0.3 is 5.97 Å². The SMILES string of the molecule is CCOC(=O)c1cccc2c(-c3cc4ccccc4s3)cn(S(=O)(=O)c3ccc(C)cc3)c12.